The van der Waals surface area contributed by atoms with Gasteiger partial charge in [0.15, 0.2) is 0 Å². The van der Waals surface area contributed by atoms with E-state index in [0.29, 0.717) is 0 Å². The van der Waals surface area contributed by atoms with E-state index in [0.717, 1.165) is 30.8 Å². The van der Waals surface area contributed by atoms with Crippen molar-refractivity contribution in [1.29, 1.82) is 0 Å². The minimum absolute atomic E-state index is 0. The van der Waals surface area contributed by atoms with E-state index in [1.165, 1.54) is 57.6 Å². The summed E-state index contributed by atoms with van der Waals surface area (Å²) < 4.78 is 1.51. The molecule has 4 aromatic rings. The number of hydrogen-bond acceptors (Lipinski definition) is 0. The molecule has 0 N–H and O–H groups in total. The second kappa shape index (κ2) is 10.4. The monoisotopic (exact) mass is 643 g/mol. The Morgan fingerprint density at radius 3 is 1.76 bits per heavy atom. The van der Waals surface area contributed by atoms with E-state index in [1.807, 2.05) is 0 Å². The summed E-state index contributed by atoms with van der Waals surface area (Å²) in [5.74, 6) is 0. The Morgan fingerprint density at radius 2 is 1.18 bits per heavy atom. The summed E-state index contributed by atoms with van der Waals surface area (Å²) in [4.78, 5) is 0. The Bertz CT molecular complexity index is 1590. The Kier molecular flexibility index (Phi) is 7.57. The van der Waals surface area contributed by atoms with Crippen molar-refractivity contribution in [3.63, 3.8) is 0 Å². The van der Waals surface area contributed by atoms with E-state index >= 15 is 0 Å². The van der Waals surface area contributed by atoms with E-state index in [-0.39, 0.29) is 24.8 Å². The van der Waals surface area contributed by atoms with Crippen molar-refractivity contribution in [1.82, 2.24) is 0 Å². The van der Waals surface area contributed by atoms with Crippen LogP contribution in [0.25, 0.3) is 14.5 Å². The van der Waals surface area contributed by atoms with Crippen LogP contribution in [0.15, 0.2) is 115 Å². The van der Waals surface area contributed by atoms with Gasteiger partial charge in [0.1, 0.15) is 0 Å². The Labute approximate surface area is 227 Å². The zero-order chi connectivity index (χ0) is 21.5. The first kappa shape index (κ1) is 24.7. The first-order chi connectivity index (χ1) is 15.8. The Morgan fingerprint density at radius 1 is 0.588 bits per heavy atom. The first-order valence-electron chi connectivity index (χ1n) is 11.0. The standard InChI is InChI=1S/C31H21.2ClH.Hf/c1-3-11-22(12-4-1)30(23-13-5-2-6-14-23)28-20-19-27-26-18-10-9-17-25(26)21-29(27)31(28)24-15-7-8-16-24;;;/h1-15,17-20H,16H2;2*1H;/q;;;+2/p-2. The molecule has 163 valence electrons. The van der Waals surface area contributed by atoms with Crippen LogP contribution in [-0.4, -0.2) is 0 Å². The van der Waals surface area contributed by atoms with Crippen molar-refractivity contribution in [3.8, 4) is 0 Å². The van der Waals surface area contributed by atoms with Crippen molar-refractivity contribution < 1.29 is 49.2 Å². The van der Waals surface area contributed by atoms with Crippen LogP contribution >= 0.6 is 0 Å². The molecule has 3 heteroatoms. The molecule has 4 aromatic carbocycles. The fraction of sp³-hybridized carbons (Fsp3) is 0.0323. The van der Waals surface area contributed by atoms with Crippen LogP contribution in [0, 0.1) is 10.4 Å². The summed E-state index contributed by atoms with van der Waals surface area (Å²) in [6, 6.07) is 35.3. The first-order valence-corrected chi connectivity index (χ1v) is 12.8. The van der Waals surface area contributed by atoms with Crippen molar-refractivity contribution in [2.75, 3.05) is 0 Å². The SMILES string of the molecule is [Cl-].[Cl-].[Hf+2][C]1=c2ccccc2=c2ccc(=C(c3ccccc3)c3ccccc3)c(C3=CC=CC3)c21. The molecule has 0 fully saturated rings. The van der Waals surface area contributed by atoms with Gasteiger partial charge in [0.2, 0.25) is 0 Å². The zero-order valence-corrected chi connectivity index (χ0v) is 23.5. The maximum absolute atomic E-state index is 2.36. The van der Waals surface area contributed by atoms with Gasteiger partial charge in [0.25, 0.3) is 0 Å². The third-order valence-corrected chi connectivity index (χ3v) is 8.29. The van der Waals surface area contributed by atoms with E-state index in [2.05, 4.69) is 115 Å². The van der Waals surface area contributed by atoms with Gasteiger partial charge in [-0.3, -0.25) is 0 Å². The minimum atomic E-state index is 0. The predicted molar refractivity (Wildman–Crippen MR) is 129 cm³/mol. The molecule has 2 aliphatic carbocycles. The van der Waals surface area contributed by atoms with E-state index in [9.17, 15) is 0 Å². The van der Waals surface area contributed by atoms with Crippen LogP contribution < -0.4 is 35.3 Å². The summed E-state index contributed by atoms with van der Waals surface area (Å²) in [5, 5.41) is 5.52. The normalized spacial score (nSPS) is 12.9. The average Bonchev–Trinajstić information content (AvgIpc) is 3.48. The number of allylic oxidation sites excluding steroid dienone is 4. The molecule has 0 saturated heterocycles. The molecule has 6 rings (SSSR count). The van der Waals surface area contributed by atoms with Gasteiger partial charge >= 0.3 is 204 Å². The molecule has 0 saturated carbocycles. The van der Waals surface area contributed by atoms with Crippen LogP contribution in [-0.2, 0) is 24.4 Å². The van der Waals surface area contributed by atoms with Crippen molar-refractivity contribution >= 4 is 14.5 Å². The van der Waals surface area contributed by atoms with Crippen LogP contribution in [0.1, 0.15) is 28.7 Å². The van der Waals surface area contributed by atoms with Gasteiger partial charge in [-0.05, 0) is 0 Å². The molecule has 0 spiro atoms. The second-order valence-electron chi connectivity index (χ2n) is 8.26. The molecule has 0 nitrogen and oxygen atoms in total. The van der Waals surface area contributed by atoms with Crippen molar-refractivity contribution in [2.24, 2.45) is 0 Å². The van der Waals surface area contributed by atoms with Crippen LogP contribution in [0.5, 0.6) is 0 Å². The molecule has 2 aliphatic rings. The summed E-state index contributed by atoms with van der Waals surface area (Å²) in [6.07, 6.45) is 7.78. The number of rotatable bonds is 3. The molecule has 0 heterocycles. The van der Waals surface area contributed by atoms with Crippen LogP contribution in [0.3, 0.4) is 0 Å². The number of halogens is 2. The molecule has 0 bridgehead atoms. The molecular weight excluding hydrogens is 622 g/mol. The topological polar surface area (TPSA) is 0 Å². The van der Waals surface area contributed by atoms with Gasteiger partial charge in [-0.2, -0.15) is 0 Å². The van der Waals surface area contributed by atoms with E-state index in [1.54, 1.807) is 0 Å². The third-order valence-electron chi connectivity index (χ3n) is 6.43. The summed E-state index contributed by atoms with van der Waals surface area (Å²) in [7, 11) is 0. The summed E-state index contributed by atoms with van der Waals surface area (Å²) in [5.41, 5.74) is 8.12. The van der Waals surface area contributed by atoms with Gasteiger partial charge < -0.3 is 24.8 Å². The fourth-order valence-electron chi connectivity index (χ4n) is 5.02. The third kappa shape index (κ3) is 4.11. The Balaban J connectivity index is 0.00000137. The van der Waals surface area contributed by atoms with Crippen LogP contribution in [0.2, 0.25) is 0 Å². The fourth-order valence-corrected chi connectivity index (χ4v) is 6.74. The van der Waals surface area contributed by atoms with Gasteiger partial charge in [-0.25, -0.2) is 0 Å². The number of hydrogen-bond donors (Lipinski definition) is 0. The predicted octanol–water partition coefficient (Wildman–Crippen LogP) is -0.411. The molecule has 0 amide bonds. The second-order valence-corrected chi connectivity index (χ2v) is 10.1. The molecule has 0 atom stereocenters. The molecular formula is C31H21Cl2Hf. The molecule has 0 radical (unpaired) electrons. The number of fused-ring (bicyclic) bond motifs is 2. The van der Waals surface area contributed by atoms with Gasteiger partial charge in [-0.15, -0.1) is 0 Å². The molecule has 0 aromatic heterocycles. The van der Waals surface area contributed by atoms with Crippen molar-refractivity contribution in [3.05, 3.63) is 158 Å². The summed E-state index contributed by atoms with van der Waals surface area (Å²) >= 11 is 1.02. The quantitative estimate of drug-likeness (QED) is 0.267. The maximum atomic E-state index is 2.36. The van der Waals surface area contributed by atoms with Gasteiger partial charge in [-0.1, -0.05) is 0 Å². The Hall–Kier alpha value is -2.45. The zero-order valence-electron chi connectivity index (χ0n) is 18.4. The average molecular weight is 643 g/mol. The van der Waals surface area contributed by atoms with Gasteiger partial charge in [0, 0.05) is 0 Å². The van der Waals surface area contributed by atoms with E-state index < -0.39 is 0 Å². The molecule has 0 unspecified atom stereocenters. The number of benzene rings is 4. The molecule has 34 heavy (non-hydrogen) atoms. The van der Waals surface area contributed by atoms with E-state index in [4.69, 9.17) is 0 Å². The van der Waals surface area contributed by atoms with Crippen molar-refractivity contribution in [2.45, 2.75) is 6.42 Å². The summed E-state index contributed by atoms with van der Waals surface area (Å²) in [6.45, 7) is 0. The van der Waals surface area contributed by atoms with Gasteiger partial charge in [0.05, 0.1) is 0 Å². The molecule has 0 aliphatic heterocycles. The van der Waals surface area contributed by atoms with Crippen LogP contribution in [0.4, 0.5) is 0 Å².